The molecule has 1 aliphatic carbocycles. The van der Waals surface area contributed by atoms with Crippen molar-refractivity contribution in [3.63, 3.8) is 0 Å². The van der Waals surface area contributed by atoms with E-state index >= 15 is 0 Å². The lowest BCUT2D eigenvalue weighted by molar-refractivity contribution is 0.305. The molecular weight excluding hydrogens is 483 g/mol. The Morgan fingerprint density at radius 2 is 1.95 bits per heavy atom. The van der Waals surface area contributed by atoms with Crippen LogP contribution < -0.4 is 10.5 Å². The Balaban J connectivity index is 1.36. The van der Waals surface area contributed by atoms with Crippen LogP contribution in [0.4, 0.5) is 4.39 Å². The van der Waals surface area contributed by atoms with Gasteiger partial charge in [-0.25, -0.2) is 14.2 Å². The van der Waals surface area contributed by atoms with Gasteiger partial charge in [0.05, 0.1) is 11.0 Å². The van der Waals surface area contributed by atoms with Crippen molar-refractivity contribution in [1.82, 2.24) is 19.7 Å². The molecule has 0 amide bonds. The number of imidazole rings is 1. The third kappa shape index (κ3) is 3.61. The molecular formula is C30H21FN4O3. The predicted octanol–water partition coefficient (Wildman–Crippen LogP) is 5.72. The Hall–Kier alpha value is -4.98. The molecule has 0 unspecified atom stereocenters. The summed E-state index contributed by atoms with van der Waals surface area (Å²) in [5, 5.41) is 3.88. The number of allylic oxidation sites excluding steroid dienone is 5. The van der Waals surface area contributed by atoms with Crippen LogP contribution in [0.2, 0.25) is 0 Å². The minimum absolute atomic E-state index is 0.261. The minimum atomic E-state index is -0.639. The van der Waals surface area contributed by atoms with Crippen LogP contribution in [0, 0.1) is 5.82 Å². The molecule has 38 heavy (non-hydrogen) atoms. The van der Waals surface area contributed by atoms with E-state index < -0.39 is 5.76 Å². The van der Waals surface area contributed by atoms with Crippen molar-refractivity contribution in [3.8, 4) is 5.75 Å². The maximum absolute atomic E-state index is 14.2. The molecule has 7 rings (SSSR count). The first-order chi connectivity index (χ1) is 18.5. The fraction of sp³-hybridized carbons (Fsp3) is 0.100. The van der Waals surface area contributed by atoms with E-state index in [1.54, 1.807) is 6.07 Å². The van der Waals surface area contributed by atoms with E-state index in [9.17, 15) is 9.18 Å². The molecule has 0 fully saturated rings. The van der Waals surface area contributed by atoms with Gasteiger partial charge in [0.1, 0.15) is 24.0 Å². The average molecular weight is 505 g/mol. The van der Waals surface area contributed by atoms with Crippen LogP contribution in [0.3, 0.4) is 0 Å². The van der Waals surface area contributed by atoms with Gasteiger partial charge in [-0.2, -0.15) is 0 Å². The Kier molecular flexibility index (Phi) is 5.00. The number of hydrogen-bond acceptors (Lipinski definition) is 5. The van der Waals surface area contributed by atoms with Crippen LogP contribution in [-0.4, -0.2) is 19.7 Å². The Morgan fingerprint density at radius 3 is 2.74 bits per heavy atom. The smallest absolute Gasteiger partial charge is 0.439 e. The number of aromatic amines is 1. The SMILES string of the molecule is C/C(=C1\c2ccc(Cn3c(C4=CC=C4)nc4ccccc43)cc2COc2cc(F)ccc21)c1noc(=O)[nH]1. The highest BCUT2D eigenvalue weighted by Gasteiger charge is 2.24. The Labute approximate surface area is 216 Å². The van der Waals surface area contributed by atoms with Gasteiger partial charge in [0.2, 0.25) is 0 Å². The summed E-state index contributed by atoms with van der Waals surface area (Å²) in [7, 11) is 0. The number of nitrogens with zero attached hydrogens (tertiary/aromatic N) is 3. The van der Waals surface area contributed by atoms with Crippen LogP contribution >= 0.6 is 0 Å². The number of benzene rings is 3. The fourth-order valence-corrected chi connectivity index (χ4v) is 5.13. The average Bonchev–Trinajstić information content (AvgIpc) is 3.43. The highest BCUT2D eigenvalue weighted by molar-refractivity contribution is 5.99. The van der Waals surface area contributed by atoms with Crippen molar-refractivity contribution in [2.45, 2.75) is 20.1 Å². The van der Waals surface area contributed by atoms with Gasteiger partial charge in [0.15, 0.2) is 5.82 Å². The summed E-state index contributed by atoms with van der Waals surface area (Å²) in [5.41, 5.74) is 8.23. The molecule has 0 spiro atoms. The van der Waals surface area contributed by atoms with Gasteiger partial charge >= 0.3 is 5.76 Å². The quantitative estimate of drug-likeness (QED) is 0.338. The van der Waals surface area contributed by atoms with Gasteiger partial charge < -0.3 is 9.30 Å². The topological polar surface area (TPSA) is 85.9 Å². The summed E-state index contributed by atoms with van der Waals surface area (Å²) >= 11 is 0. The molecule has 186 valence electrons. The summed E-state index contributed by atoms with van der Waals surface area (Å²) in [6.07, 6.45) is 6.14. The molecule has 0 radical (unpaired) electrons. The third-order valence-electron chi connectivity index (χ3n) is 7.01. The Bertz CT molecular complexity index is 1900. The van der Waals surface area contributed by atoms with E-state index in [0.29, 0.717) is 29.3 Å². The number of aromatic nitrogens is 4. The maximum atomic E-state index is 14.2. The zero-order valence-corrected chi connectivity index (χ0v) is 20.4. The van der Waals surface area contributed by atoms with E-state index in [-0.39, 0.29) is 12.4 Å². The lowest BCUT2D eigenvalue weighted by atomic mass is 9.89. The molecule has 0 bridgehead atoms. The predicted molar refractivity (Wildman–Crippen MR) is 142 cm³/mol. The van der Waals surface area contributed by atoms with Crippen LogP contribution in [0.25, 0.3) is 27.8 Å². The molecule has 1 aliphatic heterocycles. The molecule has 0 saturated carbocycles. The molecule has 7 nitrogen and oxygen atoms in total. The largest absolute Gasteiger partial charge is 0.488 e. The number of rotatable bonds is 4. The molecule has 3 heterocycles. The zero-order valence-electron chi connectivity index (χ0n) is 20.4. The minimum Gasteiger partial charge on any atom is -0.488 e. The van der Waals surface area contributed by atoms with Crippen molar-refractivity contribution >= 4 is 27.8 Å². The lowest BCUT2D eigenvalue weighted by Gasteiger charge is -2.16. The van der Waals surface area contributed by atoms with E-state index in [1.807, 2.05) is 37.3 Å². The monoisotopic (exact) mass is 504 g/mol. The number of nitrogens with one attached hydrogen (secondary N) is 1. The van der Waals surface area contributed by atoms with Crippen LogP contribution in [0.5, 0.6) is 5.75 Å². The standard InChI is InChI=1S/C30H21FN4O3/c1-17(28-33-30(36)38-34-28)27-22-11-9-18(13-20(22)16-37-26-14-21(31)10-12-23(26)27)15-35-25-8-3-2-7-24(25)32-29(35)19-5-4-6-19/h2-14H,15-16H2,1H3,(H,33,34,36)/b27-17-. The first-order valence-corrected chi connectivity index (χ1v) is 12.2. The molecule has 8 heteroatoms. The highest BCUT2D eigenvalue weighted by Crippen LogP contribution is 2.41. The zero-order chi connectivity index (χ0) is 25.8. The molecule has 3 aromatic carbocycles. The van der Waals surface area contributed by atoms with Crippen molar-refractivity contribution in [2.75, 3.05) is 0 Å². The summed E-state index contributed by atoms with van der Waals surface area (Å²) in [4.78, 5) is 19.2. The second-order valence-corrected chi connectivity index (χ2v) is 9.36. The third-order valence-corrected chi connectivity index (χ3v) is 7.01. The lowest BCUT2D eigenvalue weighted by Crippen LogP contribution is -2.07. The molecule has 2 aliphatic rings. The van der Waals surface area contributed by atoms with Crippen molar-refractivity contribution in [1.29, 1.82) is 0 Å². The maximum Gasteiger partial charge on any atom is 0.439 e. The normalized spacial score (nSPS) is 15.3. The van der Waals surface area contributed by atoms with Crippen molar-refractivity contribution in [2.24, 2.45) is 0 Å². The molecule has 0 atom stereocenters. The second-order valence-electron chi connectivity index (χ2n) is 9.36. The second kappa shape index (κ2) is 8.55. The van der Waals surface area contributed by atoms with Gasteiger partial charge in [-0.3, -0.25) is 9.51 Å². The van der Waals surface area contributed by atoms with Gasteiger partial charge in [-0.1, -0.05) is 47.7 Å². The summed E-state index contributed by atoms with van der Waals surface area (Å²) in [6.45, 7) is 2.73. The summed E-state index contributed by atoms with van der Waals surface area (Å²) in [6, 6.07) is 18.8. The molecule has 0 saturated heterocycles. The van der Waals surface area contributed by atoms with E-state index in [4.69, 9.17) is 14.2 Å². The fourth-order valence-electron chi connectivity index (χ4n) is 5.13. The molecule has 1 N–H and O–H groups in total. The van der Waals surface area contributed by atoms with E-state index in [2.05, 4.69) is 45.1 Å². The number of hydrogen-bond donors (Lipinski definition) is 1. The first kappa shape index (κ1) is 22.2. The summed E-state index contributed by atoms with van der Waals surface area (Å²) in [5.74, 6) is 0.637. The Morgan fingerprint density at radius 1 is 1.11 bits per heavy atom. The molecule has 5 aromatic rings. The molecule has 2 aromatic heterocycles. The van der Waals surface area contributed by atoms with Crippen LogP contribution in [0.1, 0.15) is 40.8 Å². The summed E-state index contributed by atoms with van der Waals surface area (Å²) < 4.78 is 27.2. The van der Waals surface area contributed by atoms with Crippen LogP contribution in [0.15, 0.2) is 88.2 Å². The number of ether oxygens (including phenoxy) is 1. The van der Waals surface area contributed by atoms with Gasteiger partial charge in [0.25, 0.3) is 0 Å². The number of fused-ring (bicyclic) bond motifs is 3. The number of para-hydroxylation sites is 2. The van der Waals surface area contributed by atoms with E-state index in [0.717, 1.165) is 44.7 Å². The van der Waals surface area contributed by atoms with Crippen LogP contribution in [-0.2, 0) is 13.2 Å². The van der Waals surface area contributed by atoms with E-state index in [1.165, 1.54) is 12.1 Å². The number of H-pyrrole nitrogens is 1. The van der Waals surface area contributed by atoms with Gasteiger partial charge in [0, 0.05) is 29.3 Å². The van der Waals surface area contributed by atoms with Crippen molar-refractivity contribution < 1.29 is 13.7 Å². The highest BCUT2D eigenvalue weighted by atomic mass is 19.1. The number of halogens is 1. The van der Waals surface area contributed by atoms with Gasteiger partial charge in [-0.05, 0) is 59.5 Å². The first-order valence-electron chi connectivity index (χ1n) is 12.2. The van der Waals surface area contributed by atoms with Gasteiger partial charge in [-0.15, -0.1) is 0 Å². The van der Waals surface area contributed by atoms with Crippen molar-refractivity contribution in [3.05, 3.63) is 129 Å².